The Bertz CT molecular complexity index is 197. The minimum atomic E-state index is -0.931. The molecule has 76 valence electrons. The van der Waals surface area contributed by atoms with Crippen LogP contribution in [0.4, 0.5) is 0 Å². The van der Waals surface area contributed by atoms with Crippen molar-refractivity contribution in [3.63, 3.8) is 0 Å². The molecule has 0 aromatic rings. The molecule has 0 aliphatic carbocycles. The Labute approximate surface area is 79.8 Å². The maximum Gasteiger partial charge on any atom is 0.332 e. The summed E-state index contributed by atoms with van der Waals surface area (Å²) in [5.74, 6) is -0.931. The lowest BCUT2D eigenvalue weighted by atomic mass is 9.99. The van der Waals surface area contributed by atoms with Gasteiger partial charge >= 0.3 is 5.97 Å². The molecule has 3 heteroatoms. The van der Waals surface area contributed by atoms with E-state index < -0.39 is 5.97 Å². The van der Waals surface area contributed by atoms with E-state index in [-0.39, 0.29) is 11.1 Å². The van der Waals surface area contributed by atoms with Crippen molar-refractivity contribution in [2.24, 2.45) is 0 Å². The van der Waals surface area contributed by atoms with Crippen LogP contribution >= 0.6 is 0 Å². The van der Waals surface area contributed by atoms with Crippen LogP contribution in [0.15, 0.2) is 12.2 Å². The highest BCUT2D eigenvalue weighted by atomic mass is 16.4. The molecule has 0 aromatic carbocycles. The maximum absolute atomic E-state index is 10.4. The number of carboxylic acid groups (broad SMARTS) is 1. The standard InChI is InChI=1S/C10H19NO2/c1-5-6-10(3,4)11-7-8(2)9(12)13/h11H,2,5-7H2,1,3-4H3,(H,12,13). The van der Waals surface area contributed by atoms with Crippen molar-refractivity contribution < 1.29 is 9.90 Å². The SMILES string of the molecule is C=C(CNC(C)(C)CCC)C(=O)O. The summed E-state index contributed by atoms with van der Waals surface area (Å²) in [6.07, 6.45) is 2.11. The van der Waals surface area contributed by atoms with Crippen molar-refractivity contribution in [2.45, 2.75) is 39.2 Å². The highest BCUT2D eigenvalue weighted by molar-refractivity contribution is 5.86. The van der Waals surface area contributed by atoms with Crippen molar-refractivity contribution in [1.29, 1.82) is 0 Å². The number of rotatable bonds is 6. The van der Waals surface area contributed by atoms with Gasteiger partial charge in [-0.25, -0.2) is 4.79 Å². The quantitative estimate of drug-likeness (QED) is 0.620. The monoisotopic (exact) mass is 185 g/mol. The van der Waals surface area contributed by atoms with Crippen LogP contribution in [0.25, 0.3) is 0 Å². The third-order valence-electron chi connectivity index (χ3n) is 1.96. The topological polar surface area (TPSA) is 49.3 Å². The van der Waals surface area contributed by atoms with E-state index in [0.29, 0.717) is 6.54 Å². The molecule has 0 heterocycles. The van der Waals surface area contributed by atoms with E-state index in [1.165, 1.54) is 0 Å². The van der Waals surface area contributed by atoms with Gasteiger partial charge in [-0.1, -0.05) is 19.9 Å². The second kappa shape index (κ2) is 5.02. The summed E-state index contributed by atoms with van der Waals surface area (Å²) in [6.45, 7) is 10.0. The first-order chi connectivity index (χ1) is 5.89. The maximum atomic E-state index is 10.4. The summed E-state index contributed by atoms with van der Waals surface area (Å²) in [5, 5.41) is 11.7. The Morgan fingerprint density at radius 1 is 1.54 bits per heavy atom. The first-order valence-corrected chi connectivity index (χ1v) is 4.55. The number of carbonyl (C=O) groups is 1. The van der Waals surface area contributed by atoms with Gasteiger partial charge in [-0.2, -0.15) is 0 Å². The third kappa shape index (κ3) is 5.42. The molecule has 0 saturated carbocycles. The van der Waals surface area contributed by atoms with Gasteiger partial charge in [-0.15, -0.1) is 0 Å². The zero-order valence-electron chi connectivity index (χ0n) is 8.68. The highest BCUT2D eigenvalue weighted by Crippen LogP contribution is 2.10. The first kappa shape index (κ1) is 12.2. The van der Waals surface area contributed by atoms with E-state index >= 15 is 0 Å². The lowest BCUT2D eigenvalue weighted by molar-refractivity contribution is -0.132. The molecule has 0 radical (unpaired) electrons. The summed E-state index contributed by atoms with van der Waals surface area (Å²) >= 11 is 0. The molecule has 13 heavy (non-hydrogen) atoms. The van der Waals surface area contributed by atoms with Crippen LogP contribution in [0.2, 0.25) is 0 Å². The Hall–Kier alpha value is -0.830. The fourth-order valence-electron chi connectivity index (χ4n) is 1.13. The predicted octanol–water partition coefficient (Wildman–Crippen LogP) is 1.80. The number of aliphatic carboxylic acids is 1. The molecule has 0 unspecified atom stereocenters. The minimum Gasteiger partial charge on any atom is -0.478 e. The zero-order valence-corrected chi connectivity index (χ0v) is 8.68. The zero-order chi connectivity index (χ0) is 10.5. The van der Waals surface area contributed by atoms with E-state index in [2.05, 4.69) is 32.7 Å². The van der Waals surface area contributed by atoms with E-state index in [1.54, 1.807) is 0 Å². The summed E-state index contributed by atoms with van der Waals surface area (Å²) in [5.41, 5.74) is 0.205. The number of hydrogen-bond acceptors (Lipinski definition) is 2. The number of nitrogens with one attached hydrogen (secondary N) is 1. The minimum absolute atomic E-state index is 0.00681. The van der Waals surface area contributed by atoms with Crippen molar-refractivity contribution in [3.05, 3.63) is 12.2 Å². The van der Waals surface area contributed by atoms with Gasteiger partial charge in [0.25, 0.3) is 0 Å². The fraction of sp³-hybridized carbons (Fsp3) is 0.700. The van der Waals surface area contributed by atoms with Crippen LogP contribution in [0.1, 0.15) is 33.6 Å². The van der Waals surface area contributed by atoms with Gasteiger partial charge in [0.1, 0.15) is 0 Å². The average molecular weight is 185 g/mol. The Morgan fingerprint density at radius 3 is 2.46 bits per heavy atom. The van der Waals surface area contributed by atoms with E-state index in [9.17, 15) is 4.79 Å². The summed E-state index contributed by atoms with van der Waals surface area (Å²) in [7, 11) is 0. The lowest BCUT2D eigenvalue weighted by Gasteiger charge is -2.25. The van der Waals surface area contributed by atoms with Crippen molar-refractivity contribution in [1.82, 2.24) is 5.32 Å². The van der Waals surface area contributed by atoms with Crippen molar-refractivity contribution in [2.75, 3.05) is 6.54 Å². The molecule has 0 rings (SSSR count). The molecule has 3 nitrogen and oxygen atoms in total. The van der Waals surface area contributed by atoms with E-state index in [1.807, 2.05) is 0 Å². The smallest absolute Gasteiger partial charge is 0.332 e. The Balaban J connectivity index is 3.87. The van der Waals surface area contributed by atoms with E-state index in [0.717, 1.165) is 12.8 Å². The summed E-state index contributed by atoms with van der Waals surface area (Å²) in [4.78, 5) is 10.4. The lowest BCUT2D eigenvalue weighted by Crippen LogP contribution is -2.40. The number of hydrogen-bond donors (Lipinski definition) is 2. The van der Waals surface area contributed by atoms with Crippen LogP contribution in [0.5, 0.6) is 0 Å². The molecule has 0 aliphatic heterocycles. The molecule has 0 atom stereocenters. The molecule has 0 spiro atoms. The van der Waals surface area contributed by atoms with Crippen LogP contribution in [-0.2, 0) is 4.79 Å². The molecule has 0 bridgehead atoms. The number of carboxylic acids is 1. The molecular weight excluding hydrogens is 166 g/mol. The van der Waals surface area contributed by atoms with Gasteiger partial charge in [0.2, 0.25) is 0 Å². The fourth-order valence-corrected chi connectivity index (χ4v) is 1.13. The Kier molecular flexibility index (Phi) is 4.70. The van der Waals surface area contributed by atoms with Gasteiger partial charge in [0, 0.05) is 17.7 Å². The van der Waals surface area contributed by atoms with Crippen LogP contribution < -0.4 is 5.32 Å². The highest BCUT2D eigenvalue weighted by Gasteiger charge is 2.16. The summed E-state index contributed by atoms with van der Waals surface area (Å²) in [6, 6.07) is 0. The van der Waals surface area contributed by atoms with Crippen LogP contribution in [0, 0.1) is 0 Å². The second-order valence-electron chi connectivity index (χ2n) is 3.90. The third-order valence-corrected chi connectivity index (χ3v) is 1.96. The average Bonchev–Trinajstić information content (AvgIpc) is 2.00. The predicted molar refractivity (Wildman–Crippen MR) is 53.8 cm³/mol. The molecular formula is C10H19NO2. The first-order valence-electron chi connectivity index (χ1n) is 4.55. The van der Waals surface area contributed by atoms with Crippen LogP contribution in [-0.4, -0.2) is 23.2 Å². The molecule has 0 aromatic heterocycles. The van der Waals surface area contributed by atoms with Crippen molar-refractivity contribution >= 4 is 5.97 Å². The summed E-state index contributed by atoms with van der Waals surface area (Å²) < 4.78 is 0. The van der Waals surface area contributed by atoms with Crippen LogP contribution in [0.3, 0.4) is 0 Å². The second-order valence-corrected chi connectivity index (χ2v) is 3.90. The molecule has 0 saturated heterocycles. The Morgan fingerprint density at radius 2 is 2.08 bits per heavy atom. The van der Waals surface area contributed by atoms with Crippen molar-refractivity contribution in [3.8, 4) is 0 Å². The normalized spacial score (nSPS) is 11.3. The van der Waals surface area contributed by atoms with Gasteiger partial charge in [-0.05, 0) is 20.3 Å². The van der Waals surface area contributed by atoms with Gasteiger partial charge in [-0.3, -0.25) is 0 Å². The van der Waals surface area contributed by atoms with Gasteiger partial charge in [0.15, 0.2) is 0 Å². The molecule has 0 amide bonds. The molecule has 2 N–H and O–H groups in total. The molecule has 0 aliphatic rings. The molecule has 0 fully saturated rings. The van der Waals surface area contributed by atoms with E-state index in [4.69, 9.17) is 5.11 Å². The largest absolute Gasteiger partial charge is 0.478 e. The van der Waals surface area contributed by atoms with Gasteiger partial charge < -0.3 is 10.4 Å². The van der Waals surface area contributed by atoms with Gasteiger partial charge in [0.05, 0.1) is 0 Å².